The van der Waals surface area contributed by atoms with E-state index < -0.39 is 0 Å². The van der Waals surface area contributed by atoms with Gasteiger partial charge in [-0.05, 0) is 63.6 Å². The van der Waals surface area contributed by atoms with Gasteiger partial charge in [0.15, 0.2) is 0 Å². The molecule has 0 atom stereocenters. The summed E-state index contributed by atoms with van der Waals surface area (Å²) >= 11 is 5.25. The van der Waals surface area contributed by atoms with Crippen LogP contribution in [0.5, 0.6) is 0 Å². The molecular formula is C12H19BrN2S. The fourth-order valence-electron chi connectivity index (χ4n) is 1.29. The van der Waals surface area contributed by atoms with Gasteiger partial charge < -0.3 is 4.90 Å². The van der Waals surface area contributed by atoms with E-state index in [1.165, 1.54) is 21.4 Å². The zero-order valence-corrected chi connectivity index (χ0v) is 12.5. The molecule has 16 heavy (non-hydrogen) atoms. The van der Waals surface area contributed by atoms with E-state index in [4.69, 9.17) is 0 Å². The van der Waals surface area contributed by atoms with Crippen LogP contribution in [-0.4, -0.2) is 32.1 Å². The van der Waals surface area contributed by atoms with Crippen molar-refractivity contribution in [2.24, 2.45) is 0 Å². The molecule has 0 fully saturated rings. The lowest BCUT2D eigenvalue weighted by Crippen LogP contribution is -2.17. The molecule has 0 radical (unpaired) electrons. The van der Waals surface area contributed by atoms with Crippen LogP contribution in [0.25, 0.3) is 0 Å². The van der Waals surface area contributed by atoms with Gasteiger partial charge in [0.1, 0.15) is 0 Å². The Balaban J connectivity index is 2.29. The minimum atomic E-state index is 1.04. The second-order valence-electron chi connectivity index (χ2n) is 4.02. The van der Waals surface area contributed by atoms with Crippen molar-refractivity contribution in [3.05, 3.63) is 28.2 Å². The fourth-order valence-corrected chi connectivity index (χ4v) is 2.60. The SMILES string of the molecule is Cc1c(Br)cccc1SNCCCN(C)C. The average Bonchev–Trinajstić information content (AvgIpc) is 2.23. The Morgan fingerprint density at radius 1 is 1.38 bits per heavy atom. The van der Waals surface area contributed by atoms with E-state index in [0.29, 0.717) is 0 Å². The second kappa shape index (κ2) is 7.33. The van der Waals surface area contributed by atoms with Crippen LogP contribution in [0, 0.1) is 6.92 Å². The predicted octanol–water partition coefficient (Wildman–Crippen LogP) is 3.31. The molecule has 0 unspecified atom stereocenters. The van der Waals surface area contributed by atoms with E-state index in [1.807, 2.05) is 0 Å². The summed E-state index contributed by atoms with van der Waals surface area (Å²) in [7, 11) is 4.21. The van der Waals surface area contributed by atoms with Crippen molar-refractivity contribution in [3.8, 4) is 0 Å². The summed E-state index contributed by atoms with van der Waals surface area (Å²) in [6.07, 6.45) is 1.17. The summed E-state index contributed by atoms with van der Waals surface area (Å²) < 4.78 is 4.57. The third-order valence-corrected chi connectivity index (χ3v) is 4.15. The highest BCUT2D eigenvalue weighted by Crippen LogP contribution is 2.25. The second-order valence-corrected chi connectivity index (χ2v) is 5.80. The Kier molecular flexibility index (Phi) is 6.43. The first-order valence-corrected chi connectivity index (χ1v) is 7.01. The lowest BCUT2D eigenvalue weighted by atomic mass is 10.2. The first-order chi connectivity index (χ1) is 7.61. The first-order valence-electron chi connectivity index (χ1n) is 5.41. The molecule has 0 aliphatic heterocycles. The van der Waals surface area contributed by atoms with Crippen LogP contribution < -0.4 is 4.72 Å². The minimum Gasteiger partial charge on any atom is -0.309 e. The van der Waals surface area contributed by atoms with Crippen molar-refractivity contribution >= 4 is 27.9 Å². The van der Waals surface area contributed by atoms with Crippen molar-refractivity contribution in [2.75, 3.05) is 27.2 Å². The van der Waals surface area contributed by atoms with E-state index in [0.717, 1.165) is 13.1 Å². The molecule has 90 valence electrons. The maximum Gasteiger partial charge on any atom is 0.0268 e. The zero-order chi connectivity index (χ0) is 12.0. The smallest absolute Gasteiger partial charge is 0.0268 e. The fraction of sp³-hybridized carbons (Fsp3) is 0.500. The maximum atomic E-state index is 3.54. The summed E-state index contributed by atoms with van der Waals surface area (Å²) in [5, 5.41) is 0. The summed E-state index contributed by atoms with van der Waals surface area (Å²) in [5.74, 6) is 0. The van der Waals surface area contributed by atoms with Crippen LogP contribution in [0.4, 0.5) is 0 Å². The van der Waals surface area contributed by atoms with E-state index in [1.54, 1.807) is 11.9 Å². The topological polar surface area (TPSA) is 15.3 Å². The molecule has 0 saturated heterocycles. The van der Waals surface area contributed by atoms with Gasteiger partial charge in [0.05, 0.1) is 0 Å². The molecule has 0 aliphatic rings. The third-order valence-electron chi connectivity index (χ3n) is 2.28. The molecule has 0 bridgehead atoms. The molecular weight excluding hydrogens is 284 g/mol. The monoisotopic (exact) mass is 302 g/mol. The molecule has 1 aromatic rings. The average molecular weight is 303 g/mol. The number of nitrogens with one attached hydrogen (secondary N) is 1. The first kappa shape index (κ1) is 14.0. The predicted molar refractivity (Wildman–Crippen MR) is 75.9 cm³/mol. The number of hydrogen-bond donors (Lipinski definition) is 1. The Hall–Kier alpha value is -0.0300. The van der Waals surface area contributed by atoms with Crippen molar-refractivity contribution in [1.82, 2.24) is 9.62 Å². The lowest BCUT2D eigenvalue weighted by molar-refractivity contribution is 0.401. The van der Waals surface area contributed by atoms with Gasteiger partial charge in [0, 0.05) is 15.9 Å². The van der Waals surface area contributed by atoms with Crippen molar-refractivity contribution in [3.63, 3.8) is 0 Å². The van der Waals surface area contributed by atoms with Crippen LogP contribution >= 0.6 is 27.9 Å². The van der Waals surface area contributed by atoms with Crippen molar-refractivity contribution in [1.29, 1.82) is 0 Å². The van der Waals surface area contributed by atoms with Gasteiger partial charge in [-0.25, -0.2) is 0 Å². The van der Waals surface area contributed by atoms with Gasteiger partial charge in [0.25, 0.3) is 0 Å². The summed E-state index contributed by atoms with van der Waals surface area (Å²) in [6.45, 7) is 4.30. The Labute approximate surface area is 111 Å². The molecule has 1 N–H and O–H groups in total. The third kappa shape index (κ3) is 4.87. The van der Waals surface area contributed by atoms with Crippen molar-refractivity contribution in [2.45, 2.75) is 18.2 Å². The molecule has 0 saturated carbocycles. The standard InChI is InChI=1S/C12H19BrN2S/c1-10-11(13)6-4-7-12(10)16-14-8-5-9-15(2)3/h4,6-7,14H,5,8-9H2,1-3H3. The van der Waals surface area contributed by atoms with Crippen LogP contribution in [0.2, 0.25) is 0 Å². The van der Waals surface area contributed by atoms with Crippen LogP contribution in [0.3, 0.4) is 0 Å². The molecule has 0 amide bonds. The maximum absolute atomic E-state index is 3.54. The molecule has 0 aromatic heterocycles. The van der Waals surface area contributed by atoms with E-state index >= 15 is 0 Å². The normalized spacial score (nSPS) is 11.1. The number of halogens is 1. The number of benzene rings is 1. The van der Waals surface area contributed by atoms with Crippen LogP contribution in [0.15, 0.2) is 27.6 Å². The van der Waals surface area contributed by atoms with E-state index in [9.17, 15) is 0 Å². The Bertz CT molecular complexity index is 329. The number of nitrogens with zero attached hydrogens (tertiary/aromatic N) is 1. The highest BCUT2D eigenvalue weighted by atomic mass is 79.9. The lowest BCUT2D eigenvalue weighted by Gasteiger charge is -2.10. The van der Waals surface area contributed by atoms with Gasteiger partial charge in [-0.15, -0.1) is 0 Å². The zero-order valence-electron chi connectivity index (χ0n) is 10.1. The summed E-state index contributed by atoms with van der Waals surface area (Å²) in [4.78, 5) is 3.50. The van der Waals surface area contributed by atoms with Gasteiger partial charge in [-0.1, -0.05) is 22.0 Å². The van der Waals surface area contributed by atoms with E-state index in [2.05, 4.69) is 64.8 Å². The quantitative estimate of drug-likeness (QED) is 0.641. The van der Waals surface area contributed by atoms with Gasteiger partial charge in [-0.2, -0.15) is 0 Å². The summed E-state index contributed by atoms with van der Waals surface area (Å²) in [6, 6.07) is 6.29. The molecule has 2 nitrogen and oxygen atoms in total. The Morgan fingerprint density at radius 3 is 2.81 bits per heavy atom. The molecule has 0 heterocycles. The molecule has 1 rings (SSSR count). The number of rotatable bonds is 6. The molecule has 0 spiro atoms. The van der Waals surface area contributed by atoms with E-state index in [-0.39, 0.29) is 0 Å². The molecule has 0 aliphatic carbocycles. The van der Waals surface area contributed by atoms with Gasteiger partial charge >= 0.3 is 0 Å². The van der Waals surface area contributed by atoms with Crippen molar-refractivity contribution < 1.29 is 0 Å². The Morgan fingerprint density at radius 2 is 2.12 bits per heavy atom. The summed E-state index contributed by atoms with van der Waals surface area (Å²) in [5.41, 5.74) is 1.30. The van der Waals surface area contributed by atoms with Gasteiger partial charge in [0.2, 0.25) is 0 Å². The van der Waals surface area contributed by atoms with Crippen LogP contribution in [-0.2, 0) is 0 Å². The molecule has 4 heteroatoms. The highest BCUT2D eigenvalue weighted by Gasteiger charge is 2.01. The highest BCUT2D eigenvalue weighted by molar-refractivity contribution is 9.10. The largest absolute Gasteiger partial charge is 0.309 e. The number of hydrogen-bond acceptors (Lipinski definition) is 3. The van der Waals surface area contributed by atoms with Gasteiger partial charge in [-0.3, -0.25) is 4.72 Å². The minimum absolute atomic E-state index is 1.04. The molecule has 1 aromatic carbocycles. The van der Waals surface area contributed by atoms with Crippen LogP contribution in [0.1, 0.15) is 12.0 Å².